The molecule has 0 radical (unpaired) electrons. The lowest BCUT2D eigenvalue weighted by Gasteiger charge is -2.13. The number of hydrogen-bond acceptors (Lipinski definition) is 3. The van der Waals surface area contributed by atoms with Crippen molar-refractivity contribution in [2.75, 3.05) is 5.32 Å². The Morgan fingerprint density at radius 2 is 1.70 bits per heavy atom. The Morgan fingerprint density at radius 1 is 1.00 bits per heavy atom. The predicted molar refractivity (Wildman–Crippen MR) is 121 cm³/mol. The summed E-state index contributed by atoms with van der Waals surface area (Å²) >= 11 is 5.89. The fraction of sp³-hybridized carbons (Fsp3) is 0.125. The molecule has 150 valence electrons. The number of carbonyl (C=O) groups excluding carboxylic acids is 1. The molecule has 4 rings (SSSR count). The molecule has 5 nitrogen and oxygen atoms in total. The zero-order chi connectivity index (χ0) is 21.3. The van der Waals surface area contributed by atoms with Gasteiger partial charge in [0, 0.05) is 21.7 Å². The summed E-state index contributed by atoms with van der Waals surface area (Å²) in [6.45, 7) is 3.83. The van der Waals surface area contributed by atoms with E-state index in [0.29, 0.717) is 21.8 Å². The third-order valence-corrected chi connectivity index (χ3v) is 5.19. The molecule has 0 spiro atoms. The van der Waals surface area contributed by atoms with Crippen LogP contribution in [0.1, 0.15) is 11.1 Å². The third-order valence-electron chi connectivity index (χ3n) is 4.94. The number of anilines is 1. The van der Waals surface area contributed by atoms with Crippen molar-refractivity contribution in [1.29, 1.82) is 0 Å². The number of benzene rings is 3. The summed E-state index contributed by atoms with van der Waals surface area (Å²) in [7, 11) is 0. The summed E-state index contributed by atoms with van der Waals surface area (Å²) in [6, 6.07) is 20.3. The van der Waals surface area contributed by atoms with Crippen LogP contribution in [0.4, 0.5) is 5.69 Å². The molecule has 6 heteroatoms. The number of carbonyl (C=O) groups is 1. The van der Waals surface area contributed by atoms with E-state index in [0.717, 1.165) is 22.1 Å². The Hall–Kier alpha value is -3.44. The van der Waals surface area contributed by atoms with E-state index in [1.807, 2.05) is 50.2 Å². The fourth-order valence-corrected chi connectivity index (χ4v) is 3.53. The zero-order valence-electron chi connectivity index (χ0n) is 16.6. The molecule has 1 heterocycles. The second kappa shape index (κ2) is 8.13. The molecule has 3 aromatic carbocycles. The van der Waals surface area contributed by atoms with Gasteiger partial charge in [-0.15, -0.1) is 0 Å². The standard InChI is InChI=1S/C24H20ClN3O2/c1-15-7-8-16(2)21(13-15)23-19-5-3-4-6-20(19)24(30)28(27-23)14-22(29)26-18-11-9-17(25)10-12-18/h3-13H,14H2,1-2H3,(H,26,29). The molecule has 0 fully saturated rings. The van der Waals surface area contributed by atoms with Gasteiger partial charge in [-0.1, -0.05) is 47.5 Å². The van der Waals surface area contributed by atoms with Gasteiger partial charge in [0.1, 0.15) is 6.54 Å². The van der Waals surface area contributed by atoms with E-state index in [4.69, 9.17) is 11.6 Å². The zero-order valence-corrected chi connectivity index (χ0v) is 17.4. The number of rotatable bonds is 4. The van der Waals surface area contributed by atoms with E-state index in [-0.39, 0.29) is 18.0 Å². The van der Waals surface area contributed by atoms with E-state index >= 15 is 0 Å². The maximum atomic E-state index is 13.0. The number of halogens is 1. The fourth-order valence-electron chi connectivity index (χ4n) is 3.40. The Morgan fingerprint density at radius 3 is 2.43 bits per heavy atom. The van der Waals surface area contributed by atoms with Crippen molar-refractivity contribution in [2.24, 2.45) is 0 Å². The van der Waals surface area contributed by atoms with Crippen molar-refractivity contribution in [3.05, 3.63) is 93.2 Å². The minimum absolute atomic E-state index is 0.190. The van der Waals surface area contributed by atoms with Crippen LogP contribution in [0.2, 0.25) is 5.02 Å². The average molecular weight is 418 g/mol. The number of aryl methyl sites for hydroxylation is 2. The highest BCUT2D eigenvalue weighted by molar-refractivity contribution is 6.30. The molecule has 0 saturated carbocycles. The number of fused-ring (bicyclic) bond motifs is 1. The van der Waals surface area contributed by atoms with Gasteiger partial charge in [-0.2, -0.15) is 5.10 Å². The summed E-state index contributed by atoms with van der Waals surface area (Å²) < 4.78 is 1.23. The van der Waals surface area contributed by atoms with Crippen LogP contribution in [0.3, 0.4) is 0 Å². The van der Waals surface area contributed by atoms with Gasteiger partial charge < -0.3 is 5.32 Å². The summed E-state index contributed by atoms with van der Waals surface area (Å²) in [5, 5.41) is 9.25. The topological polar surface area (TPSA) is 64.0 Å². The first-order valence-corrected chi connectivity index (χ1v) is 9.93. The molecule has 1 N–H and O–H groups in total. The van der Waals surface area contributed by atoms with E-state index < -0.39 is 0 Å². The van der Waals surface area contributed by atoms with Gasteiger partial charge in [0.15, 0.2) is 0 Å². The maximum Gasteiger partial charge on any atom is 0.275 e. The quantitative estimate of drug-likeness (QED) is 0.509. The molecule has 30 heavy (non-hydrogen) atoms. The Labute approximate surface area is 178 Å². The number of aromatic nitrogens is 2. The van der Waals surface area contributed by atoms with Crippen molar-refractivity contribution < 1.29 is 4.79 Å². The minimum atomic E-state index is -0.339. The Balaban J connectivity index is 1.78. The SMILES string of the molecule is Cc1ccc(C)c(-c2nn(CC(=O)Nc3ccc(Cl)cc3)c(=O)c3ccccc23)c1. The van der Waals surface area contributed by atoms with Crippen molar-refractivity contribution in [3.63, 3.8) is 0 Å². The summed E-state index contributed by atoms with van der Waals surface area (Å²) in [5.74, 6) is -0.339. The predicted octanol–water partition coefficient (Wildman–Crippen LogP) is 4.97. The van der Waals surface area contributed by atoms with Gasteiger partial charge in [-0.25, -0.2) is 4.68 Å². The lowest BCUT2D eigenvalue weighted by Crippen LogP contribution is -2.30. The third kappa shape index (κ3) is 3.98. The highest BCUT2D eigenvalue weighted by Gasteiger charge is 2.15. The second-order valence-corrected chi connectivity index (χ2v) is 7.67. The van der Waals surface area contributed by atoms with Crippen LogP contribution in [-0.4, -0.2) is 15.7 Å². The lowest BCUT2D eigenvalue weighted by atomic mass is 9.99. The Kier molecular flexibility index (Phi) is 5.38. The van der Waals surface area contributed by atoms with E-state index in [1.54, 1.807) is 30.3 Å². The number of amides is 1. The average Bonchev–Trinajstić information content (AvgIpc) is 2.74. The normalized spacial score (nSPS) is 10.9. The molecule has 0 aliphatic rings. The second-order valence-electron chi connectivity index (χ2n) is 7.23. The molecule has 0 atom stereocenters. The summed E-state index contributed by atoms with van der Waals surface area (Å²) in [4.78, 5) is 25.6. The lowest BCUT2D eigenvalue weighted by molar-refractivity contribution is -0.117. The number of nitrogens with zero attached hydrogens (tertiary/aromatic N) is 2. The van der Waals surface area contributed by atoms with Crippen LogP contribution in [0.5, 0.6) is 0 Å². The van der Waals surface area contributed by atoms with Gasteiger partial charge in [-0.3, -0.25) is 9.59 Å². The van der Waals surface area contributed by atoms with Crippen LogP contribution < -0.4 is 10.9 Å². The first-order valence-electron chi connectivity index (χ1n) is 9.55. The molecule has 0 aliphatic heterocycles. The van der Waals surface area contributed by atoms with Gasteiger partial charge >= 0.3 is 0 Å². The summed E-state index contributed by atoms with van der Waals surface area (Å²) in [5.41, 5.74) is 4.08. The monoisotopic (exact) mass is 417 g/mol. The molecule has 0 bridgehead atoms. The first-order chi connectivity index (χ1) is 14.4. The van der Waals surface area contributed by atoms with Crippen molar-refractivity contribution >= 4 is 34.0 Å². The smallest absolute Gasteiger partial charge is 0.275 e. The van der Waals surface area contributed by atoms with E-state index in [1.165, 1.54) is 4.68 Å². The van der Waals surface area contributed by atoms with Gasteiger partial charge in [0.2, 0.25) is 5.91 Å². The molecule has 1 aromatic heterocycles. The molecule has 4 aromatic rings. The first kappa shape index (κ1) is 19.9. The molecule has 0 saturated heterocycles. The molecular weight excluding hydrogens is 398 g/mol. The molecule has 1 amide bonds. The highest BCUT2D eigenvalue weighted by Crippen LogP contribution is 2.28. The van der Waals surface area contributed by atoms with Crippen molar-refractivity contribution in [2.45, 2.75) is 20.4 Å². The van der Waals surface area contributed by atoms with Crippen LogP contribution in [0.25, 0.3) is 22.0 Å². The number of hydrogen-bond donors (Lipinski definition) is 1. The maximum absolute atomic E-state index is 13.0. The van der Waals surface area contributed by atoms with E-state index in [2.05, 4.69) is 10.4 Å². The highest BCUT2D eigenvalue weighted by atomic mass is 35.5. The van der Waals surface area contributed by atoms with Crippen molar-refractivity contribution in [3.8, 4) is 11.3 Å². The van der Waals surface area contributed by atoms with Crippen LogP contribution >= 0.6 is 11.6 Å². The molecule has 0 aliphatic carbocycles. The van der Waals surface area contributed by atoms with Gasteiger partial charge in [0.05, 0.1) is 11.1 Å². The van der Waals surface area contributed by atoms with Gasteiger partial charge in [-0.05, 0) is 55.8 Å². The molecule has 0 unspecified atom stereocenters. The summed E-state index contributed by atoms with van der Waals surface area (Å²) in [6.07, 6.45) is 0. The van der Waals surface area contributed by atoms with Crippen LogP contribution in [-0.2, 0) is 11.3 Å². The van der Waals surface area contributed by atoms with Crippen LogP contribution in [0.15, 0.2) is 71.5 Å². The van der Waals surface area contributed by atoms with Gasteiger partial charge in [0.25, 0.3) is 5.56 Å². The molecular formula is C24H20ClN3O2. The van der Waals surface area contributed by atoms with Crippen molar-refractivity contribution in [1.82, 2.24) is 9.78 Å². The Bertz CT molecular complexity index is 1310. The van der Waals surface area contributed by atoms with E-state index in [9.17, 15) is 9.59 Å². The number of nitrogens with one attached hydrogen (secondary N) is 1. The minimum Gasteiger partial charge on any atom is -0.324 e. The largest absolute Gasteiger partial charge is 0.324 e. The van der Waals surface area contributed by atoms with Crippen LogP contribution in [0, 0.1) is 13.8 Å².